The third-order valence-corrected chi connectivity index (χ3v) is 11.8. The van der Waals surface area contributed by atoms with E-state index in [0.717, 1.165) is 70.0 Å². The summed E-state index contributed by atoms with van der Waals surface area (Å²) in [4.78, 5) is 26.4. The number of para-hydroxylation sites is 1. The molecule has 14 heteroatoms. The maximum absolute atomic E-state index is 15.0. The molecule has 0 saturated carbocycles. The van der Waals surface area contributed by atoms with Crippen molar-refractivity contribution in [3.63, 3.8) is 0 Å². The number of aromatic carboxylic acids is 1. The number of hydrogen-bond donors (Lipinski definition) is 2. The van der Waals surface area contributed by atoms with Gasteiger partial charge in [0, 0.05) is 41.2 Å². The molecule has 2 N–H and O–H groups in total. The number of piperazine rings is 1. The third-order valence-electron chi connectivity index (χ3n) is 9.72. The van der Waals surface area contributed by atoms with Crippen LogP contribution < -0.4 is 15.0 Å². The van der Waals surface area contributed by atoms with Crippen LogP contribution in [0.2, 0.25) is 0 Å². The number of hydrogen-bond acceptors (Lipinski definition) is 11. The van der Waals surface area contributed by atoms with Crippen LogP contribution in [0.3, 0.4) is 0 Å². The minimum atomic E-state index is -1.09. The largest absolute Gasteiger partial charge is 0.491 e. The van der Waals surface area contributed by atoms with Gasteiger partial charge in [-0.2, -0.15) is 0 Å². The summed E-state index contributed by atoms with van der Waals surface area (Å²) in [7, 11) is 4.49. The highest BCUT2D eigenvalue weighted by Gasteiger charge is 2.29. The fraction of sp³-hybridized carbons (Fsp3) is 0.395. The van der Waals surface area contributed by atoms with E-state index in [1.54, 1.807) is 23.5 Å². The van der Waals surface area contributed by atoms with Gasteiger partial charge in [-0.25, -0.2) is 19.2 Å². The number of carboxylic acid groups (broad SMARTS) is 1. The van der Waals surface area contributed by atoms with Crippen LogP contribution >= 0.6 is 22.7 Å². The number of likely N-dealkylation sites (N-methyl/N-ethyl adjacent to an activating group) is 1. The Morgan fingerprint density at radius 2 is 1.92 bits per heavy atom. The number of anilines is 4. The Kier molecular flexibility index (Phi) is 10.4. The molecule has 5 aromatic rings. The van der Waals surface area contributed by atoms with Crippen molar-refractivity contribution in [2.75, 3.05) is 63.6 Å². The Morgan fingerprint density at radius 1 is 1.12 bits per heavy atom. The van der Waals surface area contributed by atoms with Crippen LogP contribution in [-0.4, -0.2) is 100 Å². The molecule has 1 saturated heterocycles. The predicted octanol–water partition coefficient (Wildman–Crippen LogP) is 6.66. The monoisotopic (exact) mass is 741 g/mol. The summed E-state index contributed by atoms with van der Waals surface area (Å²) in [6, 6.07) is 12.9. The van der Waals surface area contributed by atoms with Gasteiger partial charge in [-0.05, 0) is 69.9 Å². The number of benzene rings is 2. The van der Waals surface area contributed by atoms with E-state index in [-0.39, 0.29) is 24.1 Å². The first-order valence-electron chi connectivity index (χ1n) is 17.5. The zero-order valence-corrected chi connectivity index (χ0v) is 31.4. The fourth-order valence-corrected chi connectivity index (χ4v) is 8.49. The van der Waals surface area contributed by atoms with Crippen molar-refractivity contribution in [2.24, 2.45) is 0 Å². The first-order valence-corrected chi connectivity index (χ1v) is 19.2. The molecule has 0 aliphatic carbocycles. The zero-order chi connectivity index (χ0) is 36.4. The number of quaternary nitrogens is 1. The van der Waals surface area contributed by atoms with Crippen LogP contribution in [0.5, 0.6) is 5.75 Å². The summed E-state index contributed by atoms with van der Waals surface area (Å²) in [5.41, 5.74) is 3.57. The molecule has 0 bridgehead atoms. The maximum atomic E-state index is 15.0. The van der Waals surface area contributed by atoms with Gasteiger partial charge in [-0.3, -0.25) is 4.90 Å². The Labute approximate surface area is 310 Å². The van der Waals surface area contributed by atoms with Crippen LogP contribution in [0, 0.1) is 24.6 Å². The summed E-state index contributed by atoms with van der Waals surface area (Å²) in [6.07, 6.45) is 2.59. The van der Waals surface area contributed by atoms with E-state index in [4.69, 9.17) is 4.74 Å². The van der Waals surface area contributed by atoms with Crippen LogP contribution in [0.1, 0.15) is 51.8 Å². The van der Waals surface area contributed by atoms with Crippen LogP contribution in [0.15, 0.2) is 42.5 Å². The van der Waals surface area contributed by atoms with Crippen LogP contribution in [0.4, 0.5) is 26.3 Å². The van der Waals surface area contributed by atoms with Gasteiger partial charge in [0.15, 0.2) is 39.2 Å². The molecule has 2 aliphatic heterocycles. The van der Waals surface area contributed by atoms with Crippen molar-refractivity contribution in [3.05, 3.63) is 75.5 Å². The predicted molar refractivity (Wildman–Crippen MR) is 204 cm³/mol. The summed E-state index contributed by atoms with van der Waals surface area (Å²) in [5.74, 6) is 6.31. The summed E-state index contributed by atoms with van der Waals surface area (Å²) in [6.45, 7) is 9.13. The van der Waals surface area contributed by atoms with Crippen molar-refractivity contribution in [1.82, 2.24) is 25.1 Å². The molecular formula is C38H42FN8O3S2+. The van der Waals surface area contributed by atoms with E-state index in [1.807, 2.05) is 36.1 Å². The van der Waals surface area contributed by atoms with Gasteiger partial charge in [-0.15, -0.1) is 21.5 Å². The standard InChI is InChI=1S/C38H41FN8O3S2/c1-24(45-18-20-47(3,4)21-19-45)13-14-26-15-16-30(28(39)23-26)50-22-8-12-32-33(36(48)49)41-38(52-32)46-17-7-9-27-25(2)34(43-44-35(27)46)42-37-40-29-10-5-6-11-31(29)51-37/h5-6,10-11,15-16,23-24H,7-9,12,17-22H2,1-4H3,(H-,40,42,43,48,49)/p+1. The molecule has 52 heavy (non-hydrogen) atoms. The summed E-state index contributed by atoms with van der Waals surface area (Å²) in [5, 5.41) is 23.8. The normalized spacial score (nSPS) is 16.2. The molecule has 0 radical (unpaired) electrons. The van der Waals surface area contributed by atoms with Crippen LogP contribution in [0.25, 0.3) is 10.2 Å². The van der Waals surface area contributed by atoms with E-state index in [2.05, 4.69) is 63.2 Å². The first kappa shape index (κ1) is 35.7. The van der Waals surface area contributed by atoms with Crippen molar-refractivity contribution in [1.29, 1.82) is 0 Å². The Bertz CT molecular complexity index is 2130. The number of nitrogens with zero attached hydrogens (tertiary/aromatic N) is 7. The molecule has 11 nitrogen and oxygen atoms in total. The first-order chi connectivity index (χ1) is 25.0. The van der Waals surface area contributed by atoms with Gasteiger partial charge in [-0.1, -0.05) is 35.3 Å². The number of rotatable bonds is 10. The number of thiazole rings is 2. The van der Waals surface area contributed by atoms with E-state index in [0.29, 0.717) is 46.6 Å². The molecule has 1 fully saturated rings. The van der Waals surface area contributed by atoms with Gasteiger partial charge < -0.3 is 24.5 Å². The Balaban J connectivity index is 0.976. The minimum absolute atomic E-state index is 0.0154. The third kappa shape index (κ3) is 7.88. The fourth-order valence-electron chi connectivity index (χ4n) is 6.50. The van der Waals surface area contributed by atoms with Crippen LogP contribution in [-0.2, 0) is 12.8 Å². The lowest BCUT2D eigenvalue weighted by Gasteiger charge is -2.40. The topological polar surface area (TPSA) is 117 Å². The quantitative estimate of drug-likeness (QED) is 0.0915. The Hall–Kier alpha value is -4.68. The molecule has 0 spiro atoms. The van der Waals surface area contributed by atoms with Crippen molar-refractivity contribution in [3.8, 4) is 17.6 Å². The van der Waals surface area contributed by atoms with Gasteiger partial charge in [0.05, 0.1) is 50.1 Å². The average molecular weight is 742 g/mol. The molecule has 1 atom stereocenters. The lowest BCUT2D eigenvalue weighted by Crippen LogP contribution is -2.56. The lowest BCUT2D eigenvalue weighted by molar-refractivity contribution is -0.894. The van der Waals surface area contributed by atoms with E-state index >= 15 is 0 Å². The number of halogens is 1. The SMILES string of the molecule is Cc1c(Nc2nc3ccccc3s2)nnc2c1CCCN2c1nc(C(=O)O)c(CCCOc2ccc(C#CC(C)N3CC[N+](C)(C)CC3)cc2F)s1. The highest BCUT2D eigenvalue weighted by Crippen LogP contribution is 2.39. The smallest absolute Gasteiger partial charge is 0.355 e. The molecule has 5 heterocycles. The second-order valence-electron chi connectivity index (χ2n) is 13.9. The second kappa shape index (κ2) is 15.1. The highest BCUT2D eigenvalue weighted by atomic mass is 32.1. The number of carboxylic acids is 1. The van der Waals surface area contributed by atoms with Gasteiger partial charge in [0.1, 0.15) is 0 Å². The second-order valence-corrected chi connectivity index (χ2v) is 16.0. The van der Waals surface area contributed by atoms with Crippen molar-refractivity contribution in [2.45, 2.75) is 45.6 Å². The van der Waals surface area contributed by atoms with E-state index < -0.39 is 11.8 Å². The number of ether oxygens (including phenoxy) is 1. The number of aromatic nitrogens is 4. The maximum Gasteiger partial charge on any atom is 0.355 e. The summed E-state index contributed by atoms with van der Waals surface area (Å²) >= 11 is 2.89. The molecule has 2 aromatic carbocycles. The molecule has 3 aromatic heterocycles. The van der Waals surface area contributed by atoms with E-state index in [9.17, 15) is 14.3 Å². The summed E-state index contributed by atoms with van der Waals surface area (Å²) < 4.78 is 22.8. The molecule has 0 amide bonds. The number of nitrogens with one attached hydrogen (secondary N) is 1. The molecule has 2 aliphatic rings. The molecule has 270 valence electrons. The molecular weight excluding hydrogens is 700 g/mol. The van der Waals surface area contributed by atoms with Crippen molar-refractivity contribution < 1.29 is 23.5 Å². The van der Waals surface area contributed by atoms with Gasteiger partial charge >= 0.3 is 5.97 Å². The Morgan fingerprint density at radius 3 is 2.69 bits per heavy atom. The highest BCUT2D eigenvalue weighted by molar-refractivity contribution is 7.22. The molecule has 7 rings (SSSR count). The van der Waals surface area contributed by atoms with Crippen molar-refractivity contribution >= 4 is 60.8 Å². The van der Waals surface area contributed by atoms with Gasteiger partial charge in [0.2, 0.25) is 0 Å². The average Bonchev–Trinajstić information content (AvgIpc) is 3.75. The zero-order valence-electron chi connectivity index (χ0n) is 29.8. The number of aryl methyl sites for hydroxylation is 1. The minimum Gasteiger partial charge on any atom is -0.491 e. The number of carbonyl (C=O) groups is 1. The number of fused-ring (bicyclic) bond motifs is 2. The molecule has 1 unspecified atom stereocenters. The van der Waals surface area contributed by atoms with Gasteiger partial charge in [0.25, 0.3) is 0 Å². The van der Waals surface area contributed by atoms with E-state index in [1.165, 1.54) is 17.4 Å². The lowest BCUT2D eigenvalue weighted by atomic mass is 10.0.